The van der Waals surface area contributed by atoms with Crippen molar-refractivity contribution in [2.45, 2.75) is 63.7 Å². The number of rotatable bonds is 11. The van der Waals surface area contributed by atoms with Crippen LogP contribution in [-0.2, 0) is 24.0 Å². The van der Waals surface area contributed by atoms with Gasteiger partial charge in [-0.25, -0.2) is 4.79 Å². The van der Waals surface area contributed by atoms with E-state index < -0.39 is 72.8 Å². The third-order valence-corrected chi connectivity index (χ3v) is 4.86. The fourth-order valence-electron chi connectivity index (χ4n) is 3.17. The maximum Gasteiger partial charge on any atom is 0.326 e. The van der Waals surface area contributed by atoms with Gasteiger partial charge in [0.05, 0.1) is 6.61 Å². The molecule has 1 fully saturated rings. The van der Waals surface area contributed by atoms with Gasteiger partial charge in [0.15, 0.2) is 0 Å². The first-order chi connectivity index (χ1) is 14.0. The Morgan fingerprint density at radius 2 is 1.77 bits per heavy atom. The van der Waals surface area contributed by atoms with Gasteiger partial charge >= 0.3 is 11.9 Å². The van der Waals surface area contributed by atoms with Crippen molar-refractivity contribution in [3.63, 3.8) is 0 Å². The fraction of sp³-hybridized carbons (Fsp3) is 0.722. The van der Waals surface area contributed by atoms with E-state index in [2.05, 4.69) is 10.6 Å². The number of aliphatic carboxylic acids is 2. The van der Waals surface area contributed by atoms with Crippen molar-refractivity contribution in [1.29, 1.82) is 0 Å². The molecule has 30 heavy (non-hydrogen) atoms. The third kappa shape index (κ3) is 6.95. The van der Waals surface area contributed by atoms with Crippen LogP contribution in [0.15, 0.2) is 0 Å². The van der Waals surface area contributed by atoms with Crippen LogP contribution in [-0.4, -0.2) is 87.2 Å². The number of carboxylic acid groups (broad SMARTS) is 2. The standard InChI is InChI=1S/C18H30N4O8/c1-9(2)14(16(27)20-11(18(29)30)5-6-13(24)25)21-15(26)12-4-3-7-22(12)17(28)10(19)8-23/h9-12,14,23H,3-8,19H2,1-2H3,(H,20,27)(H,21,26)(H,24,25)(H,29,30). The molecule has 3 amide bonds. The van der Waals surface area contributed by atoms with Crippen molar-refractivity contribution >= 4 is 29.7 Å². The minimum Gasteiger partial charge on any atom is -0.481 e. The Bertz CT molecular complexity index is 669. The van der Waals surface area contributed by atoms with Gasteiger partial charge < -0.3 is 36.6 Å². The van der Waals surface area contributed by atoms with E-state index in [1.807, 2.05) is 0 Å². The number of carbonyl (C=O) groups is 5. The molecule has 0 spiro atoms. The molecule has 0 radical (unpaired) electrons. The Hall–Kier alpha value is -2.73. The van der Waals surface area contributed by atoms with E-state index in [9.17, 15) is 29.1 Å². The summed E-state index contributed by atoms with van der Waals surface area (Å²) in [6.07, 6.45) is 0.161. The second kappa shape index (κ2) is 11.5. The quantitative estimate of drug-likeness (QED) is 0.212. The Labute approximate surface area is 173 Å². The van der Waals surface area contributed by atoms with Crippen molar-refractivity contribution in [1.82, 2.24) is 15.5 Å². The Morgan fingerprint density at radius 3 is 2.27 bits per heavy atom. The summed E-state index contributed by atoms with van der Waals surface area (Å²) in [5.74, 6) is -4.91. The van der Waals surface area contributed by atoms with E-state index in [1.165, 1.54) is 4.90 Å². The van der Waals surface area contributed by atoms with Crippen LogP contribution in [0.5, 0.6) is 0 Å². The van der Waals surface area contributed by atoms with Gasteiger partial charge in [-0.3, -0.25) is 19.2 Å². The maximum absolute atomic E-state index is 12.7. The first-order valence-electron chi connectivity index (χ1n) is 9.71. The summed E-state index contributed by atoms with van der Waals surface area (Å²) in [6, 6.07) is -4.51. The average Bonchev–Trinajstić information content (AvgIpc) is 3.16. The Kier molecular flexibility index (Phi) is 9.66. The maximum atomic E-state index is 12.7. The molecule has 12 nitrogen and oxygen atoms in total. The van der Waals surface area contributed by atoms with Gasteiger partial charge in [0.1, 0.15) is 24.2 Å². The summed E-state index contributed by atoms with van der Waals surface area (Å²) in [7, 11) is 0. The molecule has 0 aromatic heterocycles. The van der Waals surface area contributed by atoms with Crippen molar-refractivity contribution in [2.24, 2.45) is 11.7 Å². The minimum absolute atomic E-state index is 0.291. The number of amides is 3. The Morgan fingerprint density at radius 1 is 1.13 bits per heavy atom. The summed E-state index contributed by atoms with van der Waals surface area (Å²) in [4.78, 5) is 60.9. The summed E-state index contributed by atoms with van der Waals surface area (Å²) in [6.45, 7) is 3.03. The smallest absolute Gasteiger partial charge is 0.326 e. The van der Waals surface area contributed by atoms with Crippen LogP contribution < -0.4 is 16.4 Å². The Balaban J connectivity index is 2.85. The van der Waals surface area contributed by atoms with Crippen LogP contribution in [0.25, 0.3) is 0 Å². The summed E-state index contributed by atoms with van der Waals surface area (Å²) in [5, 5.41) is 31.8. The number of hydrogen-bond acceptors (Lipinski definition) is 7. The molecule has 1 saturated heterocycles. The molecule has 0 aliphatic carbocycles. The number of carboxylic acids is 2. The molecule has 0 bridgehead atoms. The number of aliphatic hydroxyl groups excluding tert-OH is 1. The SMILES string of the molecule is CC(C)C(NC(=O)C1CCCN1C(=O)C(N)CO)C(=O)NC(CCC(=O)O)C(=O)O. The highest BCUT2D eigenvalue weighted by molar-refractivity contribution is 5.94. The van der Waals surface area contributed by atoms with Gasteiger partial charge in [0, 0.05) is 13.0 Å². The predicted molar refractivity (Wildman–Crippen MR) is 103 cm³/mol. The van der Waals surface area contributed by atoms with Gasteiger partial charge in [-0.1, -0.05) is 13.8 Å². The highest BCUT2D eigenvalue weighted by Gasteiger charge is 2.38. The molecule has 0 saturated carbocycles. The van der Waals surface area contributed by atoms with Crippen LogP contribution in [0.2, 0.25) is 0 Å². The van der Waals surface area contributed by atoms with Gasteiger partial charge in [-0.2, -0.15) is 0 Å². The highest BCUT2D eigenvalue weighted by atomic mass is 16.4. The lowest BCUT2D eigenvalue weighted by Crippen LogP contribution is -2.58. The van der Waals surface area contributed by atoms with Crippen molar-refractivity contribution in [2.75, 3.05) is 13.2 Å². The van der Waals surface area contributed by atoms with Gasteiger partial charge in [0.2, 0.25) is 17.7 Å². The van der Waals surface area contributed by atoms with E-state index in [0.29, 0.717) is 19.4 Å². The molecule has 1 rings (SSSR count). The zero-order valence-electron chi connectivity index (χ0n) is 17.0. The molecule has 4 atom stereocenters. The van der Waals surface area contributed by atoms with Crippen LogP contribution in [0.1, 0.15) is 39.5 Å². The zero-order chi connectivity index (χ0) is 23.0. The number of hydrogen-bond donors (Lipinski definition) is 6. The van der Waals surface area contributed by atoms with E-state index in [4.69, 9.17) is 15.9 Å². The lowest BCUT2D eigenvalue weighted by Gasteiger charge is -2.29. The largest absolute Gasteiger partial charge is 0.481 e. The molecule has 0 aromatic carbocycles. The second-order valence-electron chi connectivity index (χ2n) is 7.54. The van der Waals surface area contributed by atoms with Crippen LogP contribution in [0.3, 0.4) is 0 Å². The van der Waals surface area contributed by atoms with E-state index >= 15 is 0 Å². The molecule has 4 unspecified atom stereocenters. The number of carbonyl (C=O) groups excluding carboxylic acids is 3. The molecular formula is C18H30N4O8. The number of likely N-dealkylation sites (tertiary alicyclic amines) is 1. The van der Waals surface area contributed by atoms with Gasteiger partial charge in [0.25, 0.3) is 0 Å². The number of nitrogens with two attached hydrogens (primary N) is 1. The van der Waals surface area contributed by atoms with E-state index in [-0.39, 0.29) is 6.42 Å². The molecule has 7 N–H and O–H groups in total. The summed E-state index contributed by atoms with van der Waals surface area (Å²) in [5.41, 5.74) is 5.55. The number of aliphatic hydroxyl groups is 1. The summed E-state index contributed by atoms with van der Waals surface area (Å²) >= 11 is 0. The van der Waals surface area contributed by atoms with Crippen molar-refractivity contribution in [3.8, 4) is 0 Å². The van der Waals surface area contributed by atoms with E-state index in [0.717, 1.165) is 0 Å². The monoisotopic (exact) mass is 430 g/mol. The molecule has 1 aliphatic heterocycles. The van der Waals surface area contributed by atoms with Crippen molar-refractivity contribution in [3.05, 3.63) is 0 Å². The first kappa shape index (κ1) is 25.3. The average molecular weight is 430 g/mol. The van der Waals surface area contributed by atoms with Crippen LogP contribution >= 0.6 is 0 Å². The van der Waals surface area contributed by atoms with Gasteiger partial charge in [-0.05, 0) is 25.2 Å². The highest BCUT2D eigenvalue weighted by Crippen LogP contribution is 2.19. The third-order valence-electron chi connectivity index (χ3n) is 4.86. The molecule has 1 aliphatic rings. The lowest BCUT2D eigenvalue weighted by atomic mass is 10.0. The second-order valence-corrected chi connectivity index (χ2v) is 7.54. The zero-order valence-corrected chi connectivity index (χ0v) is 17.0. The molecule has 0 aromatic rings. The summed E-state index contributed by atoms with van der Waals surface area (Å²) < 4.78 is 0. The first-order valence-corrected chi connectivity index (χ1v) is 9.71. The number of nitrogens with zero attached hydrogens (tertiary/aromatic N) is 1. The minimum atomic E-state index is -1.42. The molecule has 170 valence electrons. The topological polar surface area (TPSA) is 199 Å². The van der Waals surface area contributed by atoms with Gasteiger partial charge in [-0.15, -0.1) is 0 Å². The van der Waals surface area contributed by atoms with E-state index in [1.54, 1.807) is 13.8 Å². The molecular weight excluding hydrogens is 400 g/mol. The molecule has 12 heteroatoms. The van der Waals surface area contributed by atoms with Crippen LogP contribution in [0, 0.1) is 5.92 Å². The predicted octanol–water partition coefficient (Wildman–Crippen LogP) is -2.13. The fourth-order valence-corrected chi connectivity index (χ4v) is 3.17. The van der Waals surface area contributed by atoms with Crippen molar-refractivity contribution < 1.29 is 39.3 Å². The normalized spacial score (nSPS) is 19.1. The molecule has 1 heterocycles. The van der Waals surface area contributed by atoms with Crippen LogP contribution in [0.4, 0.5) is 0 Å². The lowest BCUT2D eigenvalue weighted by molar-refractivity contribution is -0.144. The number of nitrogens with one attached hydrogen (secondary N) is 2.